The van der Waals surface area contributed by atoms with Crippen LogP contribution in [0.2, 0.25) is 0 Å². The second-order valence-electron chi connectivity index (χ2n) is 3.61. The average molecular weight is 231 g/mol. The highest BCUT2D eigenvalue weighted by atomic mass is 32.2. The van der Waals surface area contributed by atoms with E-state index in [2.05, 4.69) is 0 Å². The fourth-order valence-electron chi connectivity index (χ4n) is 1.86. The lowest BCUT2D eigenvalue weighted by atomic mass is 10.2. The van der Waals surface area contributed by atoms with E-state index in [4.69, 9.17) is 0 Å². The lowest BCUT2D eigenvalue weighted by Crippen LogP contribution is -2.04. The molecule has 80 valence electrons. The fraction of sp³-hybridized carbons (Fsp3) is 0. The quantitative estimate of drug-likeness (QED) is 0.755. The monoisotopic (exact) mass is 231 g/mol. The maximum absolute atomic E-state index is 12.2. The molecule has 0 atom stereocenters. The Morgan fingerprint density at radius 1 is 0.938 bits per heavy atom. The van der Waals surface area contributed by atoms with Crippen molar-refractivity contribution in [1.29, 1.82) is 0 Å². The number of hydrogen-bond donors (Lipinski definition) is 0. The topological polar surface area (TPSA) is 39.1 Å². The van der Waals surface area contributed by atoms with E-state index >= 15 is 0 Å². The van der Waals surface area contributed by atoms with Gasteiger partial charge in [0, 0.05) is 12.4 Å². The van der Waals surface area contributed by atoms with Gasteiger partial charge in [-0.15, -0.1) is 0 Å². The largest absolute Gasteiger partial charge is 0.314 e. The van der Waals surface area contributed by atoms with Crippen LogP contribution in [0, 0.1) is 0 Å². The minimum atomic E-state index is -3.35. The molecule has 16 heavy (non-hydrogen) atoms. The fourth-order valence-corrected chi connectivity index (χ4v) is 3.46. The van der Waals surface area contributed by atoms with Crippen LogP contribution in [0.25, 0.3) is 11.1 Å². The van der Waals surface area contributed by atoms with Crippen molar-refractivity contribution in [1.82, 2.24) is 4.57 Å². The number of nitrogens with zero attached hydrogens (tertiary/aromatic N) is 1. The normalized spacial score (nSPS) is 16.9. The molecule has 0 aliphatic carbocycles. The van der Waals surface area contributed by atoms with Crippen LogP contribution in [0.3, 0.4) is 0 Å². The van der Waals surface area contributed by atoms with Crippen LogP contribution in [0.15, 0.2) is 53.7 Å². The smallest absolute Gasteiger partial charge is 0.222 e. The van der Waals surface area contributed by atoms with Crippen LogP contribution in [0.4, 0.5) is 0 Å². The third-order valence-corrected chi connectivity index (χ3v) is 4.45. The molecule has 0 N–H and O–H groups in total. The second-order valence-corrected chi connectivity index (χ2v) is 5.48. The van der Waals surface area contributed by atoms with Gasteiger partial charge in [-0.25, -0.2) is 8.42 Å². The Balaban J connectivity index is 2.27. The van der Waals surface area contributed by atoms with Crippen LogP contribution < -0.4 is 0 Å². The third-order valence-electron chi connectivity index (χ3n) is 2.62. The molecule has 3 nitrogen and oxygen atoms in total. The van der Waals surface area contributed by atoms with Gasteiger partial charge in [0.25, 0.3) is 0 Å². The number of hydrogen-bond acceptors (Lipinski definition) is 2. The zero-order valence-corrected chi connectivity index (χ0v) is 9.18. The first-order chi connectivity index (χ1) is 7.69. The summed E-state index contributed by atoms with van der Waals surface area (Å²) in [6, 6.07) is 10.6. The van der Waals surface area contributed by atoms with Gasteiger partial charge in [-0.3, -0.25) is 0 Å². The third kappa shape index (κ3) is 1.17. The average Bonchev–Trinajstić information content (AvgIpc) is 2.86. The van der Waals surface area contributed by atoms with Crippen LogP contribution in [0.5, 0.6) is 0 Å². The molecular formula is C12H9NO2S. The van der Waals surface area contributed by atoms with Gasteiger partial charge in [-0.1, -0.05) is 18.2 Å². The van der Waals surface area contributed by atoms with Crippen molar-refractivity contribution in [3.63, 3.8) is 0 Å². The molecule has 0 unspecified atom stereocenters. The van der Waals surface area contributed by atoms with Gasteiger partial charge >= 0.3 is 0 Å². The molecule has 0 amide bonds. The van der Waals surface area contributed by atoms with E-state index in [-0.39, 0.29) is 0 Å². The zero-order chi connectivity index (χ0) is 11.2. The van der Waals surface area contributed by atoms with Crippen LogP contribution in [-0.4, -0.2) is 13.0 Å². The van der Waals surface area contributed by atoms with Crippen molar-refractivity contribution in [2.45, 2.75) is 4.90 Å². The van der Waals surface area contributed by atoms with Gasteiger partial charge in [0.15, 0.2) is 0 Å². The van der Waals surface area contributed by atoms with E-state index in [0.717, 1.165) is 5.56 Å². The SMILES string of the molecule is O=S1(=O)C(n2cccc2)=Cc2ccccc21. The predicted molar refractivity (Wildman–Crippen MR) is 62.2 cm³/mol. The number of aromatic nitrogens is 1. The molecular weight excluding hydrogens is 222 g/mol. The Morgan fingerprint density at radius 3 is 2.31 bits per heavy atom. The van der Waals surface area contributed by atoms with Crippen molar-refractivity contribution in [3.8, 4) is 0 Å². The molecule has 1 aromatic carbocycles. The molecule has 0 bridgehead atoms. The molecule has 1 aliphatic rings. The van der Waals surface area contributed by atoms with Crippen molar-refractivity contribution in [2.24, 2.45) is 0 Å². The second kappa shape index (κ2) is 3.09. The highest BCUT2D eigenvalue weighted by molar-refractivity contribution is 8.00. The molecule has 2 aromatic rings. The highest BCUT2D eigenvalue weighted by Gasteiger charge is 2.29. The summed E-state index contributed by atoms with van der Waals surface area (Å²) in [5, 5.41) is 0.318. The summed E-state index contributed by atoms with van der Waals surface area (Å²) in [4.78, 5) is 0.388. The number of fused-ring (bicyclic) bond motifs is 1. The van der Waals surface area contributed by atoms with Crippen molar-refractivity contribution in [2.75, 3.05) is 0 Å². The highest BCUT2D eigenvalue weighted by Crippen LogP contribution is 2.34. The summed E-state index contributed by atoms with van der Waals surface area (Å²) in [7, 11) is -3.35. The maximum Gasteiger partial charge on any atom is 0.222 e. The van der Waals surface area contributed by atoms with Gasteiger partial charge in [-0.2, -0.15) is 0 Å². The van der Waals surface area contributed by atoms with E-state index < -0.39 is 9.84 Å². The van der Waals surface area contributed by atoms with E-state index in [0.29, 0.717) is 9.92 Å². The standard InChI is InChI=1S/C12H9NO2S/c14-16(15)11-6-2-1-5-10(11)9-12(16)13-7-3-4-8-13/h1-9H. The number of rotatable bonds is 1. The van der Waals surface area contributed by atoms with E-state index in [1.807, 2.05) is 12.1 Å². The van der Waals surface area contributed by atoms with E-state index in [9.17, 15) is 8.42 Å². The molecule has 0 fully saturated rings. The summed E-state index contributed by atoms with van der Waals surface area (Å²) in [5.41, 5.74) is 0.756. The first-order valence-electron chi connectivity index (χ1n) is 4.89. The summed E-state index contributed by atoms with van der Waals surface area (Å²) < 4.78 is 26.0. The van der Waals surface area contributed by atoms with Crippen molar-refractivity contribution in [3.05, 3.63) is 54.4 Å². The molecule has 3 rings (SSSR count). The lowest BCUT2D eigenvalue weighted by molar-refractivity contribution is 0.605. The number of benzene rings is 1. The molecule has 0 radical (unpaired) electrons. The summed E-state index contributed by atoms with van der Waals surface area (Å²) in [6.07, 6.45) is 5.16. The first-order valence-corrected chi connectivity index (χ1v) is 6.37. The maximum atomic E-state index is 12.2. The van der Waals surface area contributed by atoms with Crippen LogP contribution in [0.1, 0.15) is 5.56 Å². The van der Waals surface area contributed by atoms with Gasteiger partial charge < -0.3 is 4.57 Å². The Labute approximate surface area is 93.6 Å². The van der Waals surface area contributed by atoms with E-state index in [1.165, 1.54) is 0 Å². The molecule has 1 aliphatic heterocycles. The first kappa shape index (κ1) is 9.42. The van der Waals surface area contributed by atoms with E-state index in [1.54, 1.807) is 47.3 Å². The van der Waals surface area contributed by atoms with Crippen LogP contribution in [-0.2, 0) is 9.84 Å². The van der Waals surface area contributed by atoms with Gasteiger partial charge in [0.05, 0.1) is 4.90 Å². The summed E-state index contributed by atoms with van der Waals surface area (Å²) in [6.45, 7) is 0. The minimum Gasteiger partial charge on any atom is -0.314 e. The molecule has 0 saturated carbocycles. The predicted octanol–water partition coefficient (Wildman–Crippen LogP) is 2.23. The lowest BCUT2D eigenvalue weighted by Gasteiger charge is -2.04. The van der Waals surface area contributed by atoms with Gasteiger partial charge in [0.1, 0.15) is 5.03 Å². The van der Waals surface area contributed by atoms with Crippen molar-refractivity contribution < 1.29 is 8.42 Å². The minimum absolute atomic E-state index is 0.318. The Bertz CT molecular complexity index is 667. The molecule has 1 aromatic heterocycles. The molecule has 0 spiro atoms. The van der Waals surface area contributed by atoms with Crippen LogP contribution >= 0.6 is 0 Å². The van der Waals surface area contributed by atoms with Crippen molar-refractivity contribution >= 4 is 20.9 Å². The summed E-state index contributed by atoms with van der Waals surface area (Å²) >= 11 is 0. The zero-order valence-electron chi connectivity index (χ0n) is 8.37. The molecule has 0 saturated heterocycles. The Morgan fingerprint density at radius 2 is 1.62 bits per heavy atom. The van der Waals surface area contributed by atoms with Gasteiger partial charge in [0.2, 0.25) is 9.84 Å². The Kier molecular flexibility index (Phi) is 1.82. The summed E-state index contributed by atoms with van der Waals surface area (Å²) in [5.74, 6) is 0. The van der Waals surface area contributed by atoms with Gasteiger partial charge in [-0.05, 0) is 29.8 Å². The number of sulfone groups is 1. The molecule has 2 heterocycles. The molecule has 4 heteroatoms. The Hall–Kier alpha value is -1.81.